The first kappa shape index (κ1) is 12.8. The van der Waals surface area contributed by atoms with Gasteiger partial charge in [0.25, 0.3) is 0 Å². The normalized spacial score (nSPS) is 12.3. The summed E-state index contributed by atoms with van der Waals surface area (Å²) in [7, 11) is 1.70. The van der Waals surface area contributed by atoms with Gasteiger partial charge in [-0.05, 0) is 23.1 Å². The van der Waals surface area contributed by atoms with Crippen molar-refractivity contribution in [2.24, 2.45) is 0 Å². The maximum absolute atomic E-state index is 10.2. The van der Waals surface area contributed by atoms with E-state index in [0.29, 0.717) is 0 Å². The zero-order valence-corrected chi connectivity index (χ0v) is 10.5. The Morgan fingerprint density at radius 2 is 1.56 bits per heavy atom. The average Bonchev–Trinajstić information content (AvgIpc) is 2.46. The third-order valence-corrected chi connectivity index (χ3v) is 3.01. The molecule has 1 unspecified atom stereocenters. The summed E-state index contributed by atoms with van der Waals surface area (Å²) in [4.78, 5) is 0. The van der Waals surface area contributed by atoms with Gasteiger partial charge in [-0.25, -0.2) is 0 Å². The Kier molecular flexibility index (Phi) is 4.51. The molecule has 0 amide bonds. The van der Waals surface area contributed by atoms with E-state index in [1.807, 2.05) is 54.6 Å². The first-order valence-electron chi connectivity index (χ1n) is 6.12. The maximum atomic E-state index is 10.2. The fourth-order valence-corrected chi connectivity index (χ4v) is 1.91. The minimum atomic E-state index is -0.553. The van der Waals surface area contributed by atoms with Crippen molar-refractivity contribution in [1.82, 2.24) is 0 Å². The average molecular weight is 242 g/mol. The van der Waals surface area contributed by atoms with Gasteiger partial charge in [0.1, 0.15) is 6.10 Å². The Morgan fingerprint density at radius 3 is 2.17 bits per heavy atom. The summed E-state index contributed by atoms with van der Waals surface area (Å²) in [6.45, 7) is 0.723. The molecule has 0 saturated heterocycles. The maximum Gasteiger partial charge on any atom is 0.104 e. The number of hydrogen-bond donors (Lipinski definition) is 1. The number of benzene rings is 2. The molecular formula is C16H18O2. The number of rotatable bonds is 5. The molecule has 0 fully saturated rings. The van der Waals surface area contributed by atoms with Gasteiger partial charge in [-0.3, -0.25) is 0 Å². The van der Waals surface area contributed by atoms with E-state index in [9.17, 15) is 5.11 Å². The molecule has 1 atom stereocenters. The molecular weight excluding hydrogens is 224 g/mol. The van der Waals surface area contributed by atoms with Crippen LogP contribution in [0.25, 0.3) is 0 Å². The van der Waals surface area contributed by atoms with Crippen molar-refractivity contribution >= 4 is 0 Å². The number of methoxy groups -OCH3 is 1. The largest absolute Gasteiger partial charge is 0.384 e. The fourth-order valence-electron chi connectivity index (χ4n) is 1.91. The van der Waals surface area contributed by atoms with Crippen LogP contribution in [0.15, 0.2) is 54.6 Å². The molecule has 94 valence electrons. The van der Waals surface area contributed by atoms with E-state index >= 15 is 0 Å². The summed E-state index contributed by atoms with van der Waals surface area (Å²) in [6, 6.07) is 17.7. The molecule has 18 heavy (non-hydrogen) atoms. The number of aliphatic hydroxyl groups is 1. The van der Waals surface area contributed by atoms with Gasteiger partial charge in [-0.1, -0.05) is 54.6 Å². The molecule has 0 heterocycles. The standard InChI is InChI=1S/C16H18O2/c1-18-12-11-13-7-9-15(10-8-13)16(17)14-5-3-2-4-6-14/h2-10,16-17H,11-12H2,1H3. The van der Waals surface area contributed by atoms with Gasteiger partial charge in [-0.15, -0.1) is 0 Å². The summed E-state index contributed by atoms with van der Waals surface area (Å²) < 4.78 is 5.04. The second-order valence-electron chi connectivity index (χ2n) is 4.30. The second-order valence-corrected chi connectivity index (χ2v) is 4.30. The van der Waals surface area contributed by atoms with Crippen LogP contribution in [0.3, 0.4) is 0 Å². The first-order valence-corrected chi connectivity index (χ1v) is 6.12. The smallest absolute Gasteiger partial charge is 0.104 e. The van der Waals surface area contributed by atoms with E-state index in [4.69, 9.17) is 4.74 Å². The molecule has 0 bridgehead atoms. The van der Waals surface area contributed by atoms with Crippen molar-refractivity contribution in [3.8, 4) is 0 Å². The minimum absolute atomic E-state index is 0.553. The molecule has 0 spiro atoms. The molecule has 2 rings (SSSR count). The number of hydrogen-bond acceptors (Lipinski definition) is 2. The second kappa shape index (κ2) is 6.34. The van der Waals surface area contributed by atoms with Crippen LogP contribution in [0.4, 0.5) is 0 Å². The molecule has 0 aromatic heterocycles. The van der Waals surface area contributed by atoms with Crippen molar-refractivity contribution < 1.29 is 9.84 Å². The molecule has 0 radical (unpaired) electrons. The van der Waals surface area contributed by atoms with Crippen LogP contribution < -0.4 is 0 Å². The molecule has 0 aliphatic carbocycles. The zero-order chi connectivity index (χ0) is 12.8. The van der Waals surface area contributed by atoms with Crippen LogP contribution in [-0.2, 0) is 11.2 Å². The lowest BCUT2D eigenvalue weighted by Crippen LogP contribution is -2.00. The molecule has 2 aromatic carbocycles. The van der Waals surface area contributed by atoms with E-state index in [1.165, 1.54) is 5.56 Å². The monoisotopic (exact) mass is 242 g/mol. The molecule has 2 heteroatoms. The Morgan fingerprint density at radius 1 is 0.944 bits per heavy atom. The summed E-state index contributed by atoms with van der Waals surface area (Å²) in [5, 5.41) is 10.2. The van der Waals surface area contributed by atoms with Crippen molar-refractivity contribution in [2.45, 2.75) is 12.5 Å². The van der Waals surface area contributed by atoms with Gasteiger partial charge in [0, 0.05) is 7.11 Å². The van der Waals surface area contributed by atoms with Gasteiger partial charge in [0.05, 0.1) is 6.61 Å². The highest BCUT2D eigenvalue weighted by Crippen LogP contribution is 2.21. The Balaban J connectivity index is 2.09. The van der Waals surface area contributed by atoms with Gasteiger partial charge >= 0.3 is 0 Å². The number of aliphatic hydroxyl groups excluding tert-OH is 1. The third-order valence-electron chi connectivity index (χ3n) is 3.01. The van der Waals surface area contributed by atoms with Crippen LogP contribution in [0.2, 0.25) is 0 Å². The zero-order valence-electron chi connectivity index (χ0n) is 10.5. The van der Waals surface area contributed by atoms with E-state index in [1.54, 1.807) is 7.11 Å². The van der Waals surface area contributed by atoms with Crippen LogP contribution in [0.1, 0.15) is 22.8 Å². The van der Waals surface area contributed by atoms with Crippen molar-refractivity contribution in [3.05, 3.63) is 71.3 Å². The molecule has 2 nitrogen and oxygen atoms in total. The molecule has 0 aliphatic rings. The van der Waals surface area contributed by atoms with Crippen LogP contribution in [0, 0.1) is 0 Å². The number of ether oxygens (including phenoxy) is 1. The molecule has 2 aromatic rings. The van der Waals surface area contributed by atoms with Crippen molar-refractivity contribution in [1.29, 1.82) is 0 Å². The highest BCUT2D eigenvalue weighted by atomic mass is 16.5. The Hall–Kier alpha value is -1.64. The first-order chi connectivity index (χ1) is 8.81. The summed E-state index contributed by atoms with van der Waals surface area (Å²) in [5.74, 6) is 0. The quantitative estimate of drug-likeness (QED) is 0.873. The predicted octanol–water partition coefficient (Wildman–Crippen LogP) is 2.96. The van der Waals surface area contributed by atoms with Gasteiger partial charge in [-0.2, -0.15) is 0 Å². The molecule has 0 aliphatic heterocycles. The van der Waals surface area contributed by atoms with E-state index < -0.39 is 6.10 Å². The topological polar surface area (TPSA) is 29.5 Å². The predicted molar refractivity (Wildman–Crippen MR) is 72.5 cm³/mol. The third kappa shape index (κ3) is 3.19. The Bertz CT molecular complexity index is 462. The minimum Gasteiger partial charge on any atom is -0.384 e. The lowest BCUT2D eigenvalue weighted by atomic mass is 10.00. The summed E-state index contributed by atoms with van der Waals surface area (Å²) in [6.07, 6.45) is 0.348. The molecule has 0 saturated carbocycles. The highest BCUT2D eigenvalue weighted by molar-refractivity contribution is 5.31. The Labute approximate surface area is 108 Å². The van der Waals surface area contributed by atoms with Gasteiger partial charge < -0.3 is 9.84 Å². The summed E-state index contributed by atoms with van der Waals surface area (Å²) in [5.41, 5.74) is 3.06. The lowest BCUT2D eigenvalue weighted by molar-refractivity contribution is 0.202. The van der Waals surface area contributed by atoms with Crippen LogP contribution in [-0.4, -0.2) is 18.8 Å². The van der Waals surface area contributed by atoms with Crippen LogP contribution >= 0.6 is 0 Å². The van der Waals surface area contributed by atoms with Crippen molar-refractivity contribution in [2.75, 3.05) is 13.7 Å². The summed E-state index contributed by atoms with van der Waals surface area (Å²) >= 11 is 0. The fraction of sp³-hybridized carbons (Fsp3) is 0.250. The van der Waals surface area contributed by atoms with E-state index in [-0.39, 0.29) is 0 Å². The lowest BCUT2D eigenvalue weighted by Gasteiger charge is -2.12. The van der Waals surface area contributed by atoms with E-state index in [2.05, 4.69) is 0 Å². The highest BCUT2D eigenvalue weighted by Gasteiger charge is 2.09. The van der Waals surface area contributed by atoms with Gasteiger partial charge in [0.15, 0.2) is 0 Å². The van der Waals surface area contributed by atoms with E-state index in [0.717, 1.165) is 24.2 Å². The molecule has 1 N–H and O–H groups in total. The van der Waals surface area contributed by atoms with Crippen molar-refractivity contribution in [3.63, 3.8) is 0 Å². The van der Waals surface area contributed by atoms with Gasteiger partial charge in [0.2, 0.25) is 0 Å². The van der Waals surface area contributed by atoms with Crippen LogP contribution in [0.5, 0.6) is 0 Å². The SMILES string of the molecule is COCCc1ccc(C(O)c2ccccc2)cc1.